The van der Waals surface area contributed by atoms with Crippen molar-refractivity contribution in [3.05, 3.63) is 18.2 Å². The molecule has 0 fully saturated rings. The van der Waals surface area contributed by atoms with Crippen LogP contribution >= 0.6 is 0 Å². The number of rotatable bonds is 5. The second kappa shape index (κ2) is 5.99. The van der Waals surface area contributed by atoms with Crippen LogP contribution in [0.3, 0.4) is 0 Å². The van der Waals surface area contributed by atoms with Crippen molar-refractivity contribution in [2.45, 2.75) is 18.9 Å². The molecule has 1 aromatic heterocycles. The minimum Gasteiger partial charge on any atom is -0.392 e. The number of nitrogens with one attached hydrogen (secondary N) is 1. The highest BCUT2D eigenvalue weighted by Gasteiger charge is 2.19. The normalized spacial score (nSPS) is 12.1. The SMILES string of the molecule is NCCC(=O)OC(=O)[C@@H](N)Cc1cnc[nH]1. The van der Waals surface area contributed by atoms with E-state index in [0.29, 0.717) is 5.69 Å². The summed E-state index contributed by atoms with van der Waals surface area (Å²) in [5, 5.41) is 0. The van der Waals surface area contributed by atoms with E-state index in [1.807, 2.05) is 0 Å². The first-order valence-corrected chi connectivity index (χ1v) is 4.81. The fraction of sp³-hybridized carbons (Fsp3) is 0.444. The lowest BCUT2D eigenvalue weighted by molar-refractivity contribution is -0.160. The van der Waals surface area contributed by atoms with Crippen molar-refractivity contribution >= 4 is 11.9 Å². The van der Waals surface area contributed by atoms with Crippen molar-refractivity contribution in [3.63, 3.8) is 0 Å². The van der Waals surface area contributed by atoms with E-state index < -0.39 is 18.0 Å². The molecule has 16 heavy (non-hydrogen) atoms. The molecule has 1 rings (SSSR count). The molecule has 0 aromatic carbocycles. The molecule has 0 aliphatic heterocycles. The third-order valence-corrected chi connectivity index (χ3v) is 1.86. The van der Waals surface area contributed by atoms with E-state index in [2.05, 4.69) is 14.7 Å². The summed E-state index contributed by atoms with van der Waals surface area (Å²) in [6, 6.07) is -0.887. The summed E-state index contributed by atoms with van der Waals surface area (Å²) in [6.07, 6.45) is 3.28. The number of imidazole rings is 1. The first-order valence-electron chi connectivity index (χ1n) is 4.81. The first kappa shape index (κ1) is 12.3. The Labute approximate surface area is 92.2 Å². The maximum absolute atomic E-state index is 11.3. The van der Waals surface area contributed by atoms with Gasteiger partial charge in [0.1, 0.15) is 6.04 Å². The second-order valence-corrected chi connectivity index (χ2v) is 3.22. The Morgan fingerprint density at radius 3 is 2.88 bits per heavy atom. The molecule has 1 atom stereocenters. The van der Waals surface area contributed by atoms with Crippen molar-refractivity contribution in [1.29, 1.82) is 0 Å². The minimum absolute atomic E-state index is 0.00250. The fourth-order valence-corrected chi connectivity index (χ4v) is 1.07. The Kier molecular flexibility index (Phi) is 4.62. The lowest BCUT2D eigenvalue weighted by atomic mass is 10.2. The van der Waals surface area contributed by atoms with E-state index in [9.17, 15) is 9.59 Å². The van der Waals surface area contributed by atoms with Crippen molar-refractivity contribution in [2.24, 2.45) is 11.5 Å². The van der Waals surface area contributed by atoms with E-state index in [1.54, 1.807) is 6.20 Å². The zero-order chi connectivity index (χ0) is 12.0. The number of aromatic amines is 1. The number of H-pyrrole nitrogens is 1. The molecular formula is C9H14N4O3. The Balaban J connectivity index is 2.39. The number of carbonyl (C=O) groups is 2. The third-order valence-electron chi connectivity index (χ3n) is 1.86. The maximum Gasteiger partial charge on any atom is 0.330 e. The van der Waals surface area contributed by atoms with Crippen molar-refractivity contribution < 1.29 is 14.3 Å². The minimum atomic E-state index is -0.887. The van der Waals surface area contributed by atoms with Gasteiger partial charge in [0.2, 0.25) is 0 Å². The van der Waals surface area contributed by atoms with Gasteiger partial charge in [-0.2, -0.15) is 0 Å². The summed E-state index contributed by atoms with van der Waals surface area (Å²) in [5.41, 5.74) is 11.4. The van der Waals surface area contributed by atoms with Crippen LogP contribution in [0.25, 0.3) is 0 Å². The largest absolute Gasteiger partial charge is 0.392 e. The Morgan fingerprint density at radius 1 is 1.56 bits per heavy atom. The summed E-state index contributed by atoms with van der Waals surface area (Å²) in [6.45, 7) is 0.141. The molecule has 0 amide bonds. The summed E-state index contributed by atoms with van der Waals surface area (Å²) >= 11 is 0. The number of hydrogen-bond acceptors (Lipinski definition) is 6. The van der Waals surface area contributed by atoms with Gasteiger partial charge in [-0.3, -0.25) is 4.79 Å². The molecule has 0 aliphatic carbocycles. The highest BCUT2D eigenvalue weighted by molar-refractivity contribution is 5.88. The van der Waals surface area contributed by atoms with Gasteiger partial charge in [0, 0.05) is 24.9 Å². The first-order chi connectivity index (χ1) is 7.63. The lowest BCUT2D eigenvalue weighted by Crippen LogP contribution is -2.36. The number of nitrogens with two attached hydrogens (primary N) is 2. The average molecular weight is 226 g/mol. The molecule has 0 saturated carbocycles. The quantitative estimate of drug-likeness (QED) is 0.423. The molecule has 0 spiro atoms. The van der Waals surface area contributed by atoms with E-state index in [1.165, 1.54) is 6.33 Å². The third kappa shape index (κ3) is 3.79. The van der Waals surface area contributed by atoms with Crippen LogP contribution in [0, 0.1) is 0 Å². The average Bonchev–Trinajstić information content (AvgIpc) is 2.70. The number of esters is 2. The van der Waals surface area contributed by atoms with Crippen molar-refractivity contribution in [2.75, 3.05) is 6.54 Å². The van der Waals surface area contributed by atoms with Gasteiger partial charge in [-0.15, -0.1) is 0 Å². The van der Waals surface area contributed by atoms with Gasteiger partial charge in [0.05, 0.1) is 12.7 Å². The predicted molar refractivity (Wildman–Crippen MR) is 55.0 cm³/mol. The molecule has 0 unspecified atom stereocenters. The summed E-state index contributed by atoms with van der Waals surface area (Å²) in [7, 11) is 0. The molecule has 7 heteroatoms. The van der Waals surface area contributed by atoms with Crippen LogP contribution in [-0.2, 0) is 20.7 Å². The predicted octanol–water partition coefficient (Wildman–Crippen LogP) is -1.30. The van der Waals surface area contributed by atoms with E-state index in [0.717, 1.165) is 0 Å². The van der Waals surface area contributed by atoms with E-state index in [-0.39, 0.29) is 19.4 Å². The molecular weight excluding hydrogens is 212 g/mol. The van der Waals surface area contributed by atoms with Gasteiger partial charge in [-0.1, -0.05) is 0 Å². The molecule has 0 radical (unpaired) electrons. The highest BCUT2D eigenvalue weighted by Crippen LogP contribution is 1.99. The molecule has 7 nitrogen and oxygen atoms in total. The molecule has 0 bridgehead atoms. The molecule has 88 valence electrons. The number of carbonyl (C=O) groups excluding carboxylic acids is 2. The Morgan fingerprint density at radius 2 is 2.31 bits per heavy atom. The van der Waals surface area contributed by atoms with Gasteiger partial charge in [-0.25, -0.2) is 9.78 Å². The summed E-state index contributed by atoms with van der Waals surface area (Å²) in [5.74, 6) is -1.42. The molecule has 0 aliphatic rings. The van der Waals surface area contributed by atoms with Gasteiger partial charge in [-0.05, 0) is 0 Å². The van der Waals surface area contributed by atoms with Gasteiger partial charge in [0.15, 0.2) is 0 Å². The van der Waals surface area contributed by atoms with Crippen LogP contribution in [0.2, 0.25) is 0 Å². The lowest BCUT2D eigenvalue weighted by Gasteiger charge is -2.08. The van der Waals surface area contributed by atoms with Gasteiger partial charge in [0.25, 0.3) is 0 Å². The summed E-state index contributed by atoms with van der Waals surface area (Å²) in [4.78, 5) is 28.8. The highest BCUT2D eigenvalue weighted by atomic mass is 16.6. The van der Waals surface area contributed by atoms with Crippen LogP contribution in [0.15, 0.2) is 12.5 Å². The van der Waals surface area contributed by atoms with Crippen LogP contribution < -0.4 is 11.5 Å². The number of ether oxygens (including phenoxy) is 1. The van der Waals surface area contributed by atoms with Gasteiger partial charge >= 0.3 is 11.9 Å². The van der Waals surface area contributed by atoms with Crippen molar-refractivity contribution in [3.8, 4) is 0 Å². The van der Waals surface area contributed by atoms with Crippen LogP contribution in [0.4, 0.5) is 0 Å². The monoisotopic (exact) mass is 226 g/mol. The molecule has 1 heterocycles. The molecule has 0 saturated heterocycles. The van der Waals surface area contributed by atoms with Crippen molar-refractivity contribution in [1.82, 2.24) is 9.97 Å². The molecule has 5 N–H and O–H groups in total. The van der Waals surface area contributed by atoms with Crippen LogP contribution in [0.1, 0.15) is 12.1 Å². The summed E-state index contributed by atoms with van der Waals surface area (Å²) < 4.78 is 4.48. The Hall–Kier alpha value is -1.73. The smallest absolute Gasteiger partial charge is 0.330 e. The second-order valence-electron chi connectivity index (χ2n) is 3.22. The van der Waals surface area contributed by atoms with Crippen LogP contribution in [-0.4, -0.2) is 34.5 Å². The zero-order valence-corrected chi connectivity index (χ0v) is 8.68. The van der Waals surface area contributed by atoms with E-state index in [4.69, 9.17) is 11.5 Å². The topological polar surface area (TPSA) is 124 Å². The van der Waals surface area contributed by atoms with E-state index >= 15 is 0 Å². The Bertz CT molecular complexity index is 350. The number of aromatic nitrogens is 2. The van der Waals surface area contributed by atoms with Crippen LogP contribution in [0.5, 0.6) is 0 Å². The maximum atomic E-state index is 11.3. The standard InChI is InChI=1S/C9H14N4O3/c10-2-1-8(14)16-9(15)7(11)3-6-4-12-5-13-6/h4-5,7H,1-3,10-11H2,(H,12,13)/t7-/m0/s1. The molecule has 1 aromatic rings. The zero-order valence-electron chi connectivity index (χ0n) is 8.68. The number of hydrogen-bond donors (Lipinski definition) is 3. The fourth-order valence-electron chi connectivity index (χ4n) is 1.07. The van der Waals surface area contributed by atoms with Gasteiger partial charge < -0.3 is 21.2 Å². The number of nitrogens with zero attached hydrogens (tertiary/aromatic N) is 1.